The first kappa shape index (κ1) is 13.4. The van der Waals surface area contributed by atoms with E-state index in [0.29, 0.717) is 37.6 Å². The van der Waals surface area contributed by atoms with Gasteiger partial charge in [-0.3, -0.25) is 4.90 Å². The van der Waals surface area contributed by atoms with E-state index in [1.807, 2.05) is 0 Å². The third-order valence-electron chi connectivity index (χ3n) is 3.27. The van der Waals surface area contributed by atoms with Gasteiger partial charge in [0.15, 0.2) is 0 Å². The molecule has 1 unspecified atom stereocenters. The molecule has 2 N–H and O–H groups in total. The zero-order valence-corrected chi connectivity index (χ0v) is 10.0. The second kappa shape index (κ2) is 5.32. The molecule has 2 heterocycles. The van der Waals surface area contributed by atoms with Gasteiger partial charge in [0.05, 0.1) is 19.0 Å². The number of likely N-dealkylation sites (tertiary alicyclic amines) is 1. The molecule has 1 saturated heterocycles. The highest BCUT2D eigenvalue weighted by molar-refractivity contribution is 5.07. The van der Waals surface area contributed by atoms with Gasteiger partial charge in [-0.05, 0) is 31.5 Å². The fourth-order valence-corrected chi connectivity index (χ4v) is 2.30. The normalized spacial score (nSPS) is 22.3. The molecule has 0 amide bonds. The van der Waals surface area contributed by atoms with Crippen molar-refractivity contribution in [2.45, 2.75) is 32.1 Å². The number of hydrogen-bond acceptors (Lipinski definition) is 3. The van der Waals surface area contributed by atoms with Crippen molar-refractivity contribution in [2.24, 2.45) is 11.7 Å². The van der Waals surface area contributed by atoms with Crippen molar-refractivity contribution >= 4 is 0 Å². The zero-order chi connectivity index (χ0) is 13.2. The van der Waals surface area contributed by atoms with E-state index in [4.69, 9.17) is 10.2 Å². The molecule has 1 aliphatic rings. The summed E-state index contributed by atoms with van der Waals surface area (Å²) in [5.41, 5.74) is 5.42. The topological polar surface area (TPSA) is 42.4 Å². The fraction of sp³-hybridized carbons (Fsp3) is 0.667. The molecule has 0 spiro atoms. The molecule has 3 nitrogen and oxygen atoms in total. The van der Waals surface area contributed by atoms with Crippen molar-refractivity contribution < 1.29 is 17.6 Å². The van der Waals surface area contributed by atoms with Gasteiger partial charge in [0.25, 0.3) is 0 Å². The fourth-order valence-electron chi connectivity index (χ4n) is 2.30. The molecule has 1 aliphatic heterocycles. The van der Waals surface area contributed by atoms with Gasteiger partial charge in [0, 0.05) is 6.54 Å². The molecular formula is C12H17F3N2O. The lowest BCUT2D eigenvalue weighted by atomic mass is 9.97. The van der Waals surface area contributed by atoms with Crippen LogP contribution >= 0.6 is 0 Å². The van der Waals surface area contributed by atoms with Crippen molar-refractivity contribution in [1.29, 1.82) is 0 Å². The highest BCUT2D eigenvalue weighted by Crippen LogP contribution is 2.33. The maximum atomic E-state index is 12.6. The number of alkyl halides is 3. The molecular weight excluding hydrogens is 245 g/mol. The van der Waals surface area contributed by atoms with Crippen LogP contribution in [0.4, 0.5) is 13.2 Å². The summed E-state index contributed by atoms with van der Waals surface area (Å²) in [6.45, 7) is 1.48. The predicted octanol–water partition coefficient (Wildman–Crippen LogP) is 2.51. The van der Waals surface area contributed by atoms with Crippen LogP contribution in [0.3, 0.4) is 0 Å². The lowest BCUT2D eigenvalue weighted by Crippen LogP contribution is -2.41. The first-order valence-electron chi connectivity index (χ1n) is 6.06. The molecule has 2 rings (SSSR count). The number of nitrogens with zero attached hydrogens (tertiary/aromatic N) is 1. The van der Waals surface area contributed by atoms with E-state index in [0.717, 1.165) is 0 Å². The number of hydrogen-bond donors (Lipinski definition) is 1. The second-order valence-corrected chi connectivity index (χ2v) is 4.69. The molecule has 6 heteroatoms. The van der Waals surface area contributed by atoms with Crippen molar-refractivity contribution in [3.8, 4) is 0 Å². The van der Waals surface area contributed by atoms with Crippen molar-refractivity contribution in [3.05, 3.63) is 23.7 Å². The van der Waals surface area contributed by atoms with Crippen LogP contribution < -0.4 is 5.73 Å². The number of halogens is 3. The van der Waals surface area contributed by atoms with E-state index < -0.39 is 12.1 Å². The van der Waals surface area contributed by atoms with Gasteiger partial charge in [-0.15, -0.1) is 0 Å². The summed E-state index contributed by atoms with van der Waals surface area (Å²) in [6, 6.07) is 3.54. The van der Waals surface area contributed by atoms with Crippen LogP contribution in [0.1, 0.15) is 24.4 Å². The molecule has 0 saturated carbocycles. The maximum Gasteiger partial charge on any atom is 0.393 e. The number of piperidine rings is 1. The average molecular weight is 262 g/mol. The van der Waals surface area contributed by atoms with E-state index in [1.165, 1.54) is 0 Å². The van der Waals surface area contributed by atoms with E-state index >= 15 is 0 Å². The Morgan fingerprint density at radius 1 is 1.33 bits per heavy atom. The number of furan rings is 1. The average Bonchev–Trinajstić information content (AvgIpc) is 2.76. The Kier molecular flexibility index (Phi) is 3.97. The molecule has 18 heavy (non-hydrogen) atoms. The minimum atomic E-state index is -4.09. The summed E-state index contributed by atoms with van der Waals surface area (Å²) in [5.74, 6) is 0.128. The van der Waals surface area contributed by atoms with Crippen molar-refractivity contribution in [3.63, 3.8) is 0 Å². The van der Waals surface area contributed by atoms with Crippen LogP contribution in [0.5, 0.6) is 0 Å². The monoisotopic (exact) mass is 262 g/mol. The smallest absolute Gasteiger partial charge is 0.393 e. The highest BCUT2D eigenvalue weighted by Gasteiger charge is 2.41. The molecule has 0 aliphatic carbocycles. The Bertz CT molecular complexity index is 389. The van der Waals surface area contributed by atoms with Gasteiger partial charge in [0.1, 0.15) is 11.5 Å². The van der Waals surface area contributed by atoms with Gasteiger partial charge in [-0.1, -0.05) is 0 Å². The summed E-state index contributed by atoms with van der Waals surface area (Å²) in [6.07, 6.45) is -3.29. The summed E-state index contributed by atoms with van der Waals surface area (Å²) >= 11 is 0. The first-order chi connectivity index (χ1) is 8.49. The van der Waals surface area contributed by atoms with Gasteiger partial charge in [0.2, 0.25) is 0 Å². The second-order valence-electron chi connectivity index (χ2n) is 4.69. The van der Waals surface area contributed by atoms with Crippen LogP contribution in [-0.2, 0) is 13.1 Å². The lowest BCUT2D eigenvalue weighted by molar-refractivity contribution is -0.187. The van der Waals surface area contributed by atoms with Crippen LogP contribution in [-0.4, -0.2) is 24.2 Å². The molecule has 1 fully saturated rings. The Morgan fingerprint density at radius 2 is 2.06 bits per heavy atom. The quantitative estimate of drug-likeness (QED) is 0.910. The van der Waals surface area contributed by atoms with E-state index in [2.05, 4.69) is 0 Å². The Balaban J connectivity index is 1.93. The summed E-state index contributed by atoms with van der Waals surface area (Å²) in [7, 11) is 0. The predicted molar refractivity (Wildman–Crippen MR) is 60.7 cm³/mol. The van der Waals surface area contributed by atoms with Crippen LogP contribution in [0.15, 0.2) is 16.5 Å². The highest BCUT2D eigenvalue weighted by atomic mass is 19.4. The minimum absolute atomic E-state index is 0.0577. The standard InChI is InChI=1S/C12H17F3N2O/c13-12(14,15)9-2-1-5-17(7-9)8-11-4-3-10(6-16)18-11/h3-4,9H,1-2,5-8,16H2. The third-order valence-corrected chi connectivity index (χ3v) is 3.27. The van der Waals surface area contributed by atoms with Crippen LogP contribution in [0.2, 0.25) is 0 Å². The van der Waals surface area contributed by atoms with Gasteiger partial charge in [-0.25, -0.2) is 0 Å². The third kappa shape index (κ3) is 3.26. The van der Waals surface area contributed by atoms with Gasteiger partial charge in [-0.2, -0.15) is 13.2 Å². The van der Waals surface area contributed by atoms with E-state index in [-0.39, 0.29) is 13.0 Å². The molecule has 102 valence electrons. The molecule has 0 bridgehead atoms. The Morgan fingerprint density at radius 3 is 2.67 bits per heavy atom. The first-order valence-corrected chi connectivity index (χ1v) is 6.06. The SMILES string of the molecule is NCc1ccc(CN2CCCC(C(F)(F)F)C2)o1. The van der Waals surface area contributed by atoms with Crippen molar-refractivity contribution in [2.75, 3.05) is 13.1 Å². The Hall–Kier alpha value is -1.01. The largest absolute Gasteiger partial charge is 0.463 e. The molecule has 1 aromatic heterocycles. The summed E-state index contributed by atoms with van der Waals surface area (Å²) in [4.78, 5) is 1.79. The number of rotatable bonds is 3. The van der Waals surface area contributed by atoms with E-state index in [1.54, 1.807) is 17.0 Å². The minimum Gasteiger partial charge on any atom is -0.463 e. The lowest BCUT2D eigenvalue weighted by Gasteiger charge is -2.33. The van der Waals surface area contributed by atoms with Gasteiger partial charge >= 0.3 is 6.18 Å². The van der Waals surface area contributed by atoms with Crippen LogP contribution in [0.25, 0.3) is 0 Å². The van der Waals surface area contributed by atoms with Crippen molar-refractivity contribution in [1.82, 2.24) is 4.90 Å². The zero-order valence-electron chi connectivity index (χ0n) is 10.0. The number of nitrogens with two attached hydrogens (primary N) is 1. The summed E-state index contributed by atoms with van der Waals surface area (Å²) in [5, 5.41) is 0. The Labute approximate surface area is 104 Å². The molecule has 1 aromatic rings. The van der Waals surface area contributed by atoms with E-state index in [9.17, 15) is 13.2 Å². The summed E-state index contributed by atoms with van der Waals surface area (Å²) < 4.78 is 43.3. The molecule has 0 radical (unpaired) electrons. The molecule has 0 aromatic carbocycles. The van der Waals surface area contributed by atoms with Crippen LogP contribution in [0, 0.1) is 5.92 Å². The van der Waals surface area contributed by atoms with Gasteiger partial charge < -0.3 is 10.2 Å². The molecule has 1 atom stereocenters. The maximum absolute atomic E-state index is 12.6.